The normalized spacial score (nSPS) is 9.13. The molecule has 0 radical (unpaired) electrons. The number of hydrogen-bond donors (Lipinski definition) is 3. The molecule has 0 aliphatic rings. The van der Waals surface area contributed by atoms with Crippen molar-refractivity contribution in [3.63, 3.8) is 0 Å². The summed E-state index contributed by atoms with van der Waals surface area (Å²) in [7, 11) is 0. The van der Waals surface area contributed by atoms with Crippen molar-refractivity contribution in [3.05, 3.63) is 28.3 Å². The lowest BCUT2D eigenvalue weighted by atomic mass is 10.2. The number of aromatic hydroxyl groups is 1. The van der Waals surface area contributed by atoms with Crippen LogP contribution >= 0.6 is 12.4 Å². The summed E-state index contributed by atoms with van der Waals surface area (Å²) in [5, 5.41) is 22.4. The van der Waals surface area contributed by atoms with Gasteiger partial charge < -0.3 is 16.2 Å². The Hall–Kier alpha value is -1.53. The molecular weight excluding hydrogens is 222 g/mol. The lowest BCUT2D eigenvalue weighted by Gasteiger charge is -2.05. The summed E-state index contributed by atoms with van der Waals surface area (Å²) >= 11 is 0. The van der Waals surface area contributed by atoms with Crippen molar-refractivity contribution in [2.75, 3.05) is 18.4 Å². The number of halogens is 1. The van der Waals surface area contributed by atoms with Crippen LogP contribution in [0.3, 0.4) is 0 Å². The van der Waals surface area contributed by atoms with Gasteiger partial charge >= 0.3 is 0 Å². The van der Waals surface area contributed by atoms with E-state index < -0.39 is 4.92 Å². The van der Waals surface area contributed by atoms with Gasteiger partial charge in [0.25, 0.3) is 5.69 Å². The minimum absolute atomic E-state index is 0. The molecule has 0 aromatic heterocycles. The number of nitro groups is 1. The number of phenolic OH excluding ortho intramolecular Hbond substituents is 1. The Labute approximate surface area is 92.7 Å². The fourth-order valence-corrected chi connectivity index (χ4v) is 1.03. The molecule has 0 saturated heterocycles. The largest absolute Gasteiger partial charge is 0.508 e. The third kappa shape index (κ3) is 3.61. The van der Waals surface area contributed by atoms with Crippen molar-refractivity contribution < 1.29 is 10.0 Å². The lowest BCUT2D eigenvalue weighted by Crippen LogP contribution is -2.13. The number of nitro benzene ring substituents is 1. The summed E-state index contributed by atoms with van der Waals surface area (Å²) in [4.78, 5) is 10.0. The van der Waals surface area contributed by atoms with Gasteiger partial charge in [0, 0.05) is 25.2 Å². The molecule has 1 aromatic rings. The number of benzene rings is 1. The van der Waals surface area contributed by atoms with Crippen LogP contribution < -0.4 is 11.1 Å². The molecule has 0 aliphatic carbocycles. The number of nitrogens with two attached hydrogens (primary N) is 1. The Balaban J connectivity index is 0.00000196. The van der Waals surface area contributed by atoms with Gasteiger partial charge in [0.15, 0.2) is 0 Å². The third-order valence-electron chi connectivity index (χ3n) is 1.64. The van der Waals surface area contributed by atoms with E-state index >= 15 is 0 Å². The van der Waals surface area contributed by atoms with Crippen LogP contribution in [-0.2, 0) is 0 Å². The van der Waals surface area contributed by atoms with E-state index in [1.165, 1.54) is 18.2 Å². The molecule has 0 amide bonds. The van der Waals surface area contributed by atoms with Crippen LogP contribution in [0, 0.1) is 10.1 Å². The van der Waals surface area contributed by atoms with Gasteiger partial charge in [-0.25, -0.2) is 0 Å². The predicted molar refractivity (Wildman–Crippen MR) is 59.6 cm³/mol. The maximum absolute atomic E-state index is 10.5. The Morgan fingerprint density at radius 1 is 1.53 bits per heavy atom. The second-order valence-corrected chi connectivity index (χ2v) is 2.67. The third-order valence-corrected chi connectivity index (χ3v) is 1.64. The minimum Gasteiger partial charge on any atom is -0.508 e. The van der Waals surface area contributed by atoms with Gasteiger partial charge in [0.2, 0.25) is 0 Å². The fraction of sp³-hybridized carbons (Fsp3) is 0.250. The highest BCUT2D eigenvalue weighted by Gasteiger charge is 2.12. The van der Waals surface area contributed by atoms with E-state index in [4.69, 9.17) is 10.8 Å². The van der Waals surface area contributed by atoms with E-state index in [-0.39, 0.29) is 29.5 Å². The Morgan fingerprint density at radius 2 is 2.20 bits per heavy atom. The van der Waals surface area contributed by atoms with Crippen LogP contribution in [0.5, 0.6) is 5.75 Å². The number of rotatable bonds is 4. The zero-order valence-corrected chi connectivity index (χ0v) is 8.66. The summed E-state index contributed by atoms with van der Waals surface area (Å²) in [6, 6.07) is 3.81. The first-order valence-electron chi connectivity index (χ1n) is 4.06. The van der Waals surface area contributed by atoms with Crippen molar-refractivity contribution in [2.45, 2.75) is 0 Å². The molecule has 7 heteroatoms. The molecule has 4 N–H and O–H groups in total. The Kier molecular flexibility index (Phi) is 5.43. The summed E-state index contributed by atoms with van der Waals surface area (Å²) in [6.07, 6.45) is 0. The van der Waals surface area contributed by atoms with E-state index in [2.05, 4.69) is 5.32 Å². The predicted octanol–water partition coefficient (Wildman–Crippen LogP) is 1.09. The molecule has 0 spiro atoms. The number of nitrogens with one attached hydrogen (secondary N) is 1. The van der Waals surface area contributed by atoms with Gasteiger partial charge in [-0.2, -0.15) is 0 Å². The SMILES string of the molecule is Cl.NCCNc1cc(O)ccc1[N+](=O)[O-]. The summed E-state index contributed by atoms with van der Waals surface area (Å²) in [5.41, 5.74) is 5.45. The lowest BCUT2D eigenvalue weighted by molar-refractivity contribution is -0.384. The van der Waals surface area contributed by atoms with Crippen molar-refractivity contribution >= 4 is 23.8 Å². The maximum atomic E-state index is 10.5. The Bertz CT molecular complexity index is 346. The average molecular weight is 234 g/mol. The zero-order valence-electron chi connectivity index (χ0n) is 7.84. The molecule has 0 bridgehead atoms. The van der Waals surface area contributed by atoms with Crippen molar-refractivity contribution in [2.24, 2.45) is 5.73 Å². The molecule has 1 rings (SSSR count). The number of nitrogens with zero attached hydrogens (tertiary/aromatic N) is 1. The van der Waals surface area contributed by atoms with Gasteiger partial charge in [-0.05, 0) is 6.07 Å². The summed E-state index contributed by atoms with van der Waals surface area (Å²) in [5.74, 6) is -0.0184. The molecule has 0 aliphatic heterocycles. The maximum Gasteiger partial charge on any atom is 0.292 e. The first-order valence-corrected chi connectivity index (χ1v) is 4.06. The van der Waals surface area contributed by atoms with E-state index in [1.807, 2.05) is 0 Å². The second-order valence-electron chi connectivity index (χ2n) is 2.67. The van der Waals surface area contributed by atoms with Crippen molar-refractivity contribution in [1.29, 1.82) is 0 Å². The van der Waals surface area contributed by atoms with E-state index in [1.54, 1.807) is 0 Å². The number of hydrogen-bond acceptors (Lipinski definition) is 5. The van der Waals surface area contributed by atoms with Crippen LogP contribution in [0.1, 0.15) is 0 Å². The molecule has 0 heterocycles. The van der Waals surface area contributed by atoms with E-state index in [0.717, 1.165) is 0 Å². The molecule has 0 unspecified atom stereocenters. The van der Waals surface area contributed by atoms with Crippen LogP contribution in [0.25, 0.3) is 0 Å². The zero-order chi connectivity index (χ0) is 10.6. The smallest absolute Gasteiger partial charge is 0.292 e. The summed E-state index contributed by atoms with van der Waals surface area (Å²) < 4.78 is 0. The average Bonchev–Trinajstić information content (AvgIpc) is 2.14. The van der Waals surface area contributed by atoms with Gasteiger partial charge in [0.05, 0.1) is 4.92 Å². The molecule has 15 heavy (non-hydrogen) atoms. The topological polar surface area (TPSA) is 101 Å². The van der Waals surface area contributed by atoms with Crippen LogP contribution in [-0.4, -0.2) is 23.1 Å². The first-order chi connectivity index (χ1) is 6.65. The minimum atomic E-state index is -0.516. The van der Waals surface area contributed by atoms with Crippen LogP contribution in [0.15, 0.2) is 18.2 Å². The molecular formula is C8H12ClN3O3. The standard InChI is InChI=1S/C8H11N3O3.ClH/c9-3-4-10-7-5-6(12)1-2-8(7)11(13)14;/h1-2,5,10,12H,3-4,9H2;1H. The summed E-state index contributed by atoms with van der Waals surface area (Å²) in [6.45, 7) is 0.789. The Morgan fingerprint density at radius 3 is 2.73 bits per heavy atom. The molecule has 1 aromatic carbocycles. The molecule has 0 atom stereocenters. The van der Waals surface area contributed by atoms with E-state index in [9.17, 15) is 10.1 Å². The molecule has 0 fully saturated rings. The van der Waals surface area contributed by atoms with Crippen molar-refractivity contribution in [3.8, 4) is 5.75 Å². The van der Waals surface area contributed by atoms with Gasteiger partial charge in [-0.1, -0.05) is 0 Å². The highest BCUT2D eigenvalue weighted by molar-refractivity contribution is 5.85. The molecule has 84 valence electrons. The van der Waals surface area contributed by atoms with Crippen LogP contribution in [0.2, 0.25) is 0 Å². The van der Waals surface area contributed by atoms with Gasteiger partial charge in [-0.3, -0.25) is 10.1 Å². The fourth-order valence-electron chi connectivity index (χ4n) is 1.03. The number of anilines is 1. The van der Waals surface area contributed by atoms with Crippen LogP contribution in [0.4, 0.5) is 11.4 Å². The highest BCUT2D eigenvalue weighted by atomic mass is 35.5. The van der Waals surface area contributed by atoms with E-state index in [0.29, 0.717) is 13.1 Å². The van der Waals surface area contributed by atoms with Gasteiger partial charge in [0.1, 0.15) is 11.4 Å². The second kappa shape index (κ2) is 6.05. The monoisotopic (exact) mass is 233 g/mol. The van der Waals surface area contributed by atoms with Crippen molar-refractivity contribution in [1.82, 2.24) is 0 Å². The van der Waals surface area contributed by atoms with Gasteiger partial charge in [-0.15, -0.1) is 12.4 Å². The first kappa shape index (κ1) is 13.5. The quantitative estimate of drug-likeness (QED) is 0.534. The molecule has 6 nitrogen and oxygen atoms in total. The number of phenols is 1. The molecule has 0 saturated carbocycles. The highest BCUT2D eigenvalue weighted by Crippen LogP contribution is 2.27.